The molecule has 98 valence electrons. The maximum Gasteiger partial charge on any atom is 0.700 e. The van der Waals surface area contributed by atoms with E-state index < -0.39 is 51.3 Å². The van der Waals surface area contributed by atoms with Crippen LogP contribution in [0.2, 0.25) is 0 Å². The standard InChI is InChI=1S/C6H5N3O9/c10-4-1-3(5(11)18-4)2-6(7(12)13,8(14)15)9(16)17/h3H,1-2H2. The molecule has 12 nitrogen and oxygen atoms in total. The minimum atomic E-state index is -3.76. The van der Waals surface area contributed by atoms with E-state index in [1.165, 1.54) is 0 Å². The van der Waals surface area contributed by atoms with Gasteiger partial charge in [-0.1, -0.05) is 0 Å². The molecule has 0 aromatic carbocycles. The van der Waals surface area contributed by atoms with Crippen molar-refractivity contribution in [2.75, 3.05) is 0 Å². The molecule has 1 rings (SSSR count). The second kappa shape index (κ2) is 4.31. The number of nitrogens with zero attached hydrogens (tertiary/aromatic N) is 3. The number of esters is 2. The number of ether oxygens (including phenoxy) is 1. The molecule has 0 radical (unpaired) electrons. The van der Waals surface area contributed by atoms with Crippen LogP contribution in [0.3, 0.4) is 0 Å². The summed E-state index contributed by atoms with van der Waals surface area (Å²) in [6.07, 6.45) is -2.00. The number of hydrogen-bond acceptors (Lipinski definition) is 9. The van der Waals surface area contributed by atoms with Gasteiger partial charge in [-0.25, -0.2) is 0 Å². The summed E-state index contributed by atoms with van der Waals surface area (Å²) in [7, 11) is 0. The summed E-state index contributed by atoms with van der Waals surface area (Å²) in [5.74, 6) is -7.60. The van der Waals surface area contributed by atoms with E-state index in [2.05, 4.69) is 4.74 Å². The van der Waals surface area contributed by atoms with Crippen LogP contribution >= 0.6 is 0 Å². The van der Waals surface area contributed by atoms with Gasteiger partial charge in [-0.15, -0.1) is 0 Å². The number of carbonyl (C=O) groups excluding carboxylic acids is 2. The van der Waals surface area contributed by atoms with E-state index in [0.717, 1.165) is 0 Å². The molecule has 12 heteroatoms. The molecule has 1 atom stereocenters. The number of hydrogen-bond donors (Lipinski definition) is 0. The molecule has 0 bridgehead atoms. The molecule has 1 unspecified atom stereocenters. The van der Waals surface area contributed by atoms with Gasteiger partial charge in [0, 0.05) is 0 Å². The smallest absolute Gasteiger partial charge is 0.393 e. The average molecular weight is 263 g/mol. The molecule has 1 saturated heterocycles. The Kier molecular flexibility index (Phi) is 3.21. The second-order valence-electron chi connectivity index (χ2n) is 3.44. The van der Waals surface area contributed by atoms with Crippen molar-refractivity contribution in [2.45, 2.75) is 18.6 Å². The Labute approximate surface area is 97.0 Å². The van der Waals surface area contributed by atoms with E-state index >= 15 is 0 Å². The van der Waals surface area contributed by atoms with Crippen molar-refractivity contribution >= 4 is 11.9 Å². The van der Waals surface area contributed by atoms with Gasteiger partial charge in [0.2, 0.25) is 0 Å². The molecule has 1 aliphatic heterocycles. The highest BCUT2D eigenvalue weighted by Crippen LogP contribution is 2.29. The van der Waals surface area contributed by atoms with Gasteiger partial charge in [-0.2, -0.15) is 0 Å². The van der Waals surface area contributed by atoms with Crippen molar-refractivity contribution in [2.24, 2.45) is 5.92 Å². The number of nitro groups is 3. The molecule has 1 heterocycles. The van der Waals surface area contributed by atoms with Gasteiger partial charge in [0.15, 0.2) is 21.2 Å². The summed E-state index contributed by atoms with van der Waals surface area (Å²) in [4.78, 5) is 48.3. The van der Waals surface area contributed by atoms with E-state index in [0.29, 0.717) is 0 Å². The third-order valence-electron chi connectivity index (χ3n) is 2.36. The number of carbonyl (C=O) groups is 2. The average Bonchev–Trinajstić information content (AvgIpc) is 2.51. The lowest BCUT2D eigenvalue weighted by molar-refractivity contribution is -0.971. The first kappa shape index (κ1) is 13.4. The third-order valence-corrected chi connectivity index (χ3v) is 2.36. The summed E-state index contributed by atoms with van der Waals surface area (Å²) in [6.45, 7) is 0. The van der Waals surface area contributed by atoms with E-state index in [4.69, 9.17) is 0 Å². The fourth-order valence-corrected chi connectivity index (χ4v) is 1.43. The first-order valence-electron chi connectivity index (χ1n) is 4.40. The van der Waals surface area contributed by atoms with Gasteiger partial charge in [0.25, 0.3) is 0 Å². The highest BCUT2D eigenvalue weighted by molar-refractivity contribution is 5.94. The van der Waals surface area contributed by atoms with Gasteiger partial charge < -0.3 is 4.74 Å². The lowest BCUT2D eigenvalue weighted by Gasteiger charge is -2.10. The van der Waals surface area contributed by atoms with E-state index in [1.807, 2.05) is 0 Å². The van der Waals surface area contributed by atoms with Crippen LogP contribution in [-0.4, -0.2) is 32.5 Å². The monoisotopic (exact) mass is 263 g/mol. The Balaban J connectivity index is 3.10. The molecule has 0 aliphatic carbocycles. The number of cyclic esters (lactones) is 2. The maximum atomic E-state index is 11.0. The molecule has 1 fully saturated rings. The largest absolute Gasteiger partial charge is 0.700 e. The van der Waals surface area contributed by atoms with Crippen LogP contribution in [0.4, 0.5) is 0 Å². The maximum absolute atomic E-state index is 11.0. The van der Waals surface area contributed by atoms with Crippen LogP contribution in [0.1, 0.15) is 12.8 Å². The topological polar surface area (TPSA) is 173 Å². The van der Waals surface area contributed by atoms with Crippen molar-refractivity contribution in [1.82, 2.24) is 0 Å². The summed E-state index contributed by atoms with van der Waals surface area (Å²) in [5.41, 5.74) is 0. The summed E-state index contributed by atoms with van der Waals surface area (Å²) in [5, 5.41) is 31.7. The molecule has 0 amide bonds. The lowest BCUT2D eigenvalue weighted by atomic mass is 9.99. The van der Waals surface area contributed by atoms with Crippen molar-refractivity contribution < 1.29 is 29.1 Å². The summed E-state index contributed by atoms with van der Waals surface area (Å²) < 4.78 is 4.01. The molecular weight excluding hydrogens is 258 g/mol. The lowest BCUT2D eigenvalue weighted by Crippen LogP contribution is -2.54. The predicted molar refractivity (Wildman–Crippen MR) is 47.5 cm³/mol. The Hall–Kier alpha value is -2.66. The predicted octanol–water partition coefficient (Wildman–Crippen LogP) is -1.05. The van der Waals surface area contributed by atoms with Gasteiger partial charge >= 0.3 is 17.7 Å². The second-order valence-corrected chi connectivity index (χ2v) is 3.44. The SMILES string of the molecule is O=C1CC(CC([N+](=O)[O-])([N+](=O)[O-])[N+](=O)[O-])C(=O)O1. The quantitative estimate of drug-likeness (QED) is 0.197. The first-order valence-corrected chi connectivity index (χ1v) is 4.40. The zero-order valence-corrected chi connectivity index (χ0v) is 8.51. The minimum Gasteiger partial charge on any atom is -0.393 e. The van der Waals surface area contributed by atoms with E-state index in [9.17, 15) is 39.9 Å². The zero-order valence-electron chi connectivity index (χ0n) is 8.51. The molecule has 0 saturated carbocycles. The molecule has 0 N–H and O–H groups in total. The molecule has 18 heavy (non-hydrogen) atoms. The zero-order chi connectivity index (χ0) is 14.1. The Bertz CT molecular complexity index is 421. The van der Waals surface area contributed by atoms with Crippen LogP contribution in [0.5, 0.6) is 0 Å². The Morgan fingerprint density at radius 3 is 1.83 bits per heavy atom. The number of rotatable bonds is 5. The fraction of sp³-hybridized carbons (Fsp3) is 0.667. The molecular formula is C6H5N3O9. The van der Waals surface area contributed by atoms with Gasteiger partial charge in [0.1, 0.15) is 0 Å². The van der Waals surface area contributed by atoms with E-state index in [1.54, 1.807) is 0 Å². The minimum absolute atomic E-state index is 0.657. The third kappa shape index (κ3) is 1.94. The van der Waals surface area contributed by atoms with Crippen LogP contribution < -0.4 is 0 Å². The van der Waals surface area contributed by atoms with E-state index in [-0.39, 0.29) is 0 Å². The highest BCUT2D eigenvalue weighted by Gasteiger charge is 2.72. The fourth-order valence-electron chi connectivity index (χ4n) is 1.43. The molecule has 0 spiro atoms. The van der Waals surface area contributed by atoms with Crippen molar-refractivity contribution in [3.05, 3.63) is 30.3 Å². The Morgan fingerprint density at radius 1 is 1.11 bits per heavy atom. The van der Waals surface area contributed by atoms with Crippen molar-refractivity contribution in [1.29, 1.82) is 0 Å². The van der Waals surface area contributed by atoms with Crippen LogP contribution in [-0.2, 0) is 14.3 Å². The van der Waals surface area contributed by atoms with Crippen molar-refractivity contribution in [3.63, 3.8) is 0 Å². The van der Waals surface area contributed by atoms with Crippen LogP contribution in [0.25, 0.3) is 0 Å². The normalized spacial score (nSPS) is 19.4. The first-order chi connectivity index (χ1) is 8.21. The summed E-state index contributed by atoms with van der Waals surface area (Å²) >= 11 is 0. The summed E-state index contributed by atoms with van der Waals surface area (Å²) in [6, 6.07) is 0. The van der Waals surface area contributed by atoms with Gasteiger partial charge in [-0.05, 0) is 0 Å². The molecule has 0 aromatic heterocycles. The van der Waals surface area contributed by atoms with Gasteiger partial charge in [-0.3, -0.25) is 39.9 Å². The molecule has 0 aromatic rings. The van der Waals surface area contributed by atoms with Crippen LogP contribution in [0, 0.1) is 36.3 Å². The van der Waals surface area contributed by atoms with Crippen molar-refractivity contribution in [3.8, 4) is 0 Å². The van der Waals surface area contributed by atoms with Gasteiger partial charge in [0.05, 0.1) is 12.3 Å². The molecule has 1 aliphatic rings. The van der Waals surface area contributed by atoms with Crippen LogP contribution in [0.15, 0.2) is 0 Å². The Morgan fingerprint density at radius 2 is 1.56 bits per heavy atom. The highest BCUT2D eigenvalue weighted by atomic mass is 16.7.